The molecule has 0 aliphatic carbocycles. The molecule has 0 atom stereocenters. The van der Waals surface area contributed by atoms with Gasteiger partial charge in [0.2, 0.25) is 0 Å². The van der Waals surface area contributed by atoms with Crippen molar-refractivity contribution in [2.75, 3.05) is 13.2 Å². The maximum Gasteiger partial charge on any atom is 0.254 e. The van der Waals surface area contributed by atoms with Crippen molar-refractivity contribution in [1.82, 2.24) is 4.90 Å². The summed E-state index contributed by atoms with van der Waals surface area (Å²) in [6.07, 6.45) is 0.803. The molecule has 0 bridgehead atoms. The molecular weight excluding hydrogens is 344 g/mol. The van der Waals surface area contributed by atoms with Gasteiger partial charge < -0.3 is 27.3 Å². The molecule has 0 aliphatic rings. The van der Waals surface area contributed by atoms with Crippen molar-refractivity contribution >= 4 is 23.6 Å². The van der Waals surface area contributed by atoms with E-state index in [0.29, 0.717) is 30.1 Å². The van der Waals surface area contributed by atoms with E-state index >= 15 is 0 Å². The summed E-state index contributed by atoms with van der Waals surface area (Å²) in [6.45, 7) is 10.1. The van der Waals surface area contributed by atoms with Crippen LogP contribution in [0.4, 0.5) is 5.69 Å². The van der Waals surface area contributed by atoms with Crippen molar-refractivity contribution in [3.8, 4) is 5.75 Å². The summed E-state index contributed by atoms with van der Waals surface area (Å²) in [5.74, 6) is -0.261. The van der Waals surface area contributed by atoms with E-state index in [2.05, 4.69) is 37.6 Å². The fraction of sp³-hybridized carbons (Fsp3) is 0.421. The summed E-state index contributed by atoms with van der Waals surface area (Å²) >= 11 is 0. The zero-order valence-electron chi connectivity index (χ0n) is 16.4. The number of ether oxygens (including phenoxy) is 1. The quantitative estimate of drug-likeness (QED) is 0.279. The van der Waals surface area contributed by atoms with Gasteiger partial charge >= 0.3 is 0 Å². The lowest BCUT2D eigenvalue weighted by atomic mass is 10.2. The molecule has 1 aromatic carbocycles. The third-order valence-electron chi connectivity index (χ3n) is 3.98. The Bertz CT molecular complexity index is 699. The van der Waals surface area contributed by atoms with E-state index in [1.165, 1.54) is 0 Å². The average molecular weight is 374 g/mol. The number of amidine groups is 1. The second-order valence-corrected chi connectivity index (χ2v) is 6.60. The van der Waals surface area contributed by atoms with E-state index < -0.39 is 5.91 Å². The van der Waals surface area contributed by atoms with Crippen LogP contribution in [0.15, 0.2) is 40.5 Å². The third kappa shape index (κ3) is 6.74. The van der Waals surface area contributed by atoms with Gasteiger partial charge in [-0.15, -0.1) is 0 Å². The van der Waals surface area contributed by atoms with Gasteiger partial charge in [-0.25, -0.2) is 4.99 Å². The van der Waals surface area contributed by atoms with E-state index in [9.17, 15) is 4.79 Å². The first-order valence-corrected chi connectivity index (χ1v) is 8.80. The molecule has 0 radical (unpaired) electrons. The number of carbonyl (C=O) groups is 1. The summed E-state index contributed by atoms with van der Waals surface area (Å²) in [7, 11) is 0. The van der Waals surface area contributed by atoms with Crippen molar-refractivity contribution in [3.63, 3.8) is 0 Å². The zero-order chi connectivity index (χ0) is 20.6. The fourth-order valence-electron chi connectivity index (χ4n) is 2.68. The molecule has 8 nitrogen and oxygen atoms in total. The minimum Gasteiger partial charge on any atom is -0.492 e. The standard InChI is InChI=1S/C19H30N6O2/c1-12(2)25(13(3)4)9-10-27-15-7-5-14(6-8-15)24-18(22)17(19(23)26)16(21)11-20/h5-8,11-13,20H,9-10,21H2,1-4H3,(H2,22,24)(H2,23,26)/b17-16+,20-11?. The Morgan fingerprint density at radius 3 is 2.15 bits per heavy atom. The summed E-state index contributed by atoms with van der Waals surface area (Å²) in [6, 6.07) is 7.88. The second-order valence-electron chi connectivity index (χ2n) is 6.60. The summed E-state index contributed by atoms with van der Waals surface area (Å²) < 4.78 is 5.78. The number of nitrogens with two attached hydrogens (primary N) is 3. The van der Waals surface area contributed by atoms with Crippen LogP contribution in [0.5, 0.6) is 5.75 Å². The number of amides is 1. The first kappa shape index (κ1) is 22.2. The van der Waals surface area contributed by atoms with E-state index in [0.717, 1.165) is 12.8 Å². The fourth-order valence-corrected chi connectivity index (χ4v) is 2.68. The topological polar surface area (TPSA) is 144 Å². The van der Waals surface area contributed by atoms with Crippen molar-refractivity contribution < 1.29 is 9.53 Å². The van der Waals surface area contributed by atoms with Crippen molar-refractivity contribution in [2.45, 2.75) is 39.8 Å². The van der Waals surface area contributed by atoms with Crippen LogP contribution in [-0.4, -0.2) is 48.1 Å². The average Bonchev–Trinajstić information content (AvgIpc) is 2.58. The molecule has 1 amide bonds. The molecule has 8 heteroatoms. The number of nitrogens with zero attached hydrogens (tertiary/aromatic N) is 2. The SMILES string of the molecule is CC(C)N(CCOc1ccc(N=C(N)/C(C(N)=O)=C(\N)C=N)cc1)C(C)C. The van der Waals surface area contributed by atoms with Gasteiger partial charge in [-0.1, -0.05) is 0 Å². The highest BCUT2D eigenvalue weighted by Crippen LogP contribution is 2.19. The molecule has 0 spiro atoms. The van der Waals surface area contributed by atoms with Gasteiger partial charge in [-0.05, 0) is 52.0 Å². The van der Waals surface area contributed by atoms with Crippen molar-refractivity contribution in [1.29, 1.82) is 5.41 Å². The van der Waals surface area contributed by atoms with Crippen LogP contribution >= 0.6 is 0 Å². The van der Waals surface area contributed by atoms with Gasteiger partial charge in [-0.2, -0.15) is 0 Å². The van der Waals surface area contributed by atoms with Gasteiger partial charge in [0.05, 0.1) is 11.4 Å². The van der Waals surface area contributed by atoms with Crippen LogP contribution in [0.3, 0.4) is 0 Å². The Morgan fingerprint density at radius 2 is 1.70 bits per heavy atom. The molecule has 1 aromatic rings. The summed E-state index contributed by atoms with van der Waals surface area (Å²) in [5.41, 5.74) is 16.8. The third-order valence-corrected chi connectivity index (χ3v) is 3.98. The second kappa shape index (κ2) is 10.3. The van der Waals surface area contributed by atoms with Crippen LogP contribution < -0.4 is 21.9 Å². The van der Waals surface area contributed by atoms with Crippen LogP contribution in [0.1, 0.15) is 27.7 Å². The largest absolute Gasteiger partial charge is 0.492 e. The number of allylic oxidation sites excluding steroid dienone is 1. The summed E-state index contributed by atoms with van der Waals surface area (Å²) in [4.78, 5) is 17.9. The van der Waals surface area contributed by atoms with Crippen LogP contribution in [0.25, 0.3) is 0 Å². The molecule has 27 heavy (non-hydrogen) atoms. The zero-order valence-corrected chi connectivity index (χ0v) is 16.4. The first-order chi connectivity index (χ1) is 12.7. The van der Waals surface area contributed by atoms with Gasteiger partial charge in [-0.3, -0.25) is 9.69 Å². The van der Waals surface area contributed by atoms with Crippen molar-refractivity contribution in [2.24, 2.45) is 22.2 Å². The normalized spacial score (nSPS) is 13.1. The lowest BCUT2D eigenvalue weighted by Gasteiger charge is -2.30. The molecular formula is C19H30N6O2. The smallest absolute Gasteiger partial charge is 0.254 e. The Labute approximate surface area is 160 Å². The Balaban J connectivity index is 2.79. The highest BCUT2D eigenvalue weighted by molar-refractivity contribution is 6.22. The number of nitrogens with one attached hydrogen (secondary N) is 1. The predicted molar refractivity (Wildman–Crippen MR) is 109 cm³/mol. The molecule has 0 heterocycles. The van der Waals surface area contributed by atoms with Gasteiger partial charge in [0.15, 0.2) is 0 Å². The van der Waals surface area contributed by atoms with Gasteiger partial charge in [0.25, 0.3) is 5.91 Å². The van der Waals surface area contributed by atoms with Gasteiger partial charge in [0.1, 0.15) is 23.8 Å². The Kier molecular flexibility index (Phi) is 8.47. The molecule has 0 saturated heterocycles. The molecule has 7 N–H and O–H groups in total. The van der Waals surface area contributed by atoms with Crippen LogP contribution in [-0.2, 0) is 4.79 Å². The van der Waals surface area contributed by atoms with E-state index in [-0.39, 0.29) is 17.1 Å². The van der Waals surface area contributed by atoms with E-state index in [1.807, 2.05) is 0 Å². The highest BCUT2D eigenvalue weighted by Gasteiger charge is 2.14. The minimum absolute atomic E-state index is 0.136. The lowest BCUT2D eigenvalue weighted by molar-refractivity contribution is -0.114. The molecule has 0 aromatic heterocycles. The number of carbonyl (C=O) groups excluding carboxylic acids is 1. The Hall–Kier alpha value is -2.87. The first-order valence-electron chi connectivity index (χ1n) is 8.80. The maximum atomic E-state index is 11.5. The number of aliphatic imine (C=N–C) groups is 1. The van der Waals surface area contributed by atoms with E-state index in [1.54, 1.807) is 24.3 Å². The van der Waals surface area contributed by atoms with Crippen LogP contribution in [0, 0.1) is 5.41 Å². The Morgan fingerprint density at radius 1 is 1.15 bits per heavy atom. The molecule has 0 aliphatic heterocycles. The number of benzene rings is 1. The van der Waals surface area contributed by atoms with Crippen molar-refractivity contribution in [3.05, 3.63) is 35.5 Å². The molecule has 1 rings (SSSR count). The predicted octanol–water partition coefficient (Wildman–Crippen LogP) is 1.52. The molecule has 0 fully saturated rings. The van der Waals surface area contributed by atoms with Crippen LogP contribution in [0.2, 0.25) is 0 Å². The lowest BCUT2D eigenvalue weighted by Crippen LogP contribution is -2.39. The molecule has 148 valence electrons. The number of hydrogen-bond acceptors (Lipinski definition) is 6. The molecule has 0 unspecified atom stereocenters. The number of rotatable bonds is 10. The van der Waals surface area contributed by atoms with E-state index in [4.69, 9.17) is 27.3 Å². The number of primary amides is 1. The molecule has 0 saturated carbocycles. The maximum absolute atomic E-state index is 11.5. The minimum atomic E-state index is -0.836. The summed E-state index contributed by atoms with van der Waals surface area (Å²) in [5, 5.41) is 7.13. The monoisotopic (exact) mass is 374 g/mol. The van der Waals surface area contributed by atoms with Gasteiger partial charge in [0, 0.05) is 24.8 Å². The highest BCUT2D eigenvalue weighted by atomic mass is 16.5. The number of hydrogen-bond donors (Lipinski definition) is 4.